The number of rotatable bonds is 5. The van der Waals surface area contributed by atoms with Gasteiger partial charge in [0.25, 0.3) is 0 Å². The molecule has 2 aromatic heterocycles. The van der Waals surface area contributed by atoms with E-state index in [4.69, 9.17) is 17.3 Å². The average Bonchev–Trinajstić information content (AvgIpc) is 3.01. The number of likely N-dealkylation sites (N-methyl/N-ethyl adjacent to an activating group) is 1. The van der Waals surface area contributed by atoms with E-state index in [1.165, 1.54) is 12.8 Å². The second-order valence-electron chi connectivity index (χ2n) is 7.03. The van der Waals surface area contributed by atoms with Gasteiger partial charge in [0.2, 0.25) is 5.91 Å². The van der Waals surface area contributed by atoms with Crippen LogP contribution in [-0.4, -0.2) is 56.7 Å². The minimum absolute atomic E-state index is 0.0619. The van der Waals surface area contributed by atoms with Crippen LogP contribution in [0.4, 0.5) is 0 Å². The zero-order valence-electron chi connectivity index (χ0n) is 14.6. The van der Waals surface area contributed by atoms with Crippen molar-refractivity contribution in [2.75, 3.05) is 20.6 Å². The van der Waals surface area contributed by atoms with Crippen molar-refractivity contribution in [1.82, 2.24) is 24.1 Å². The van der Waals surface area contributed by atoms with Gasteiger partial charge in [-0.2, -0.15) is 0 Å². The number of hydrogen-bond acceptors (Lipinski definition) is 5. The molecule has 0 radical (unpaired) electrons. The maximum atomic E-state index is 12.4. The molecule has 0 spiro atoms. The molecule has 1 aliphatic heterocycles. The Hall–Kier alpha value is -1.51. The van der Waals surface area contributed by atoms with Crippen LogP contribution in [0.3, 0.4) is 0 Å². The Kier molecular flexibility index (Phi) is 4.51. The summed E-state index contributed by atoms with van der Waals surface area (Å²) in [7, 11) is 3.64. The Bertz CT molecular complexity index is 819. The van der Waals surface area contributed by atoms with Crippen molar-refractivity contribution in [2.24, 2.45) is 0 Å². The third kappa shape index (κ3) is 3.18. The number of amides is 1. The molecule has 3 heterocycles. The van der Waals surface area contributed by atoms with Crippen molar-refractivity contribution in [2.45, 2.75) is 44.4 Å². The van der Waals surface area contributed by atoms with Crippen molar-refractivity contribution < 1.29 is 4.79 Å². The lowest BCUT2D eigenvalue weighted by Crippen LogP contribution is -2.43. The predicted molar refractivity (Wildman–Crippen MR) is 101 cm³/mol. The largest absolute Gasteiger partial charge is 0.347 e. The highest BCUT2D eigenvalue weighted by molar-refractivity contribution is 7.71. The van der Waals surface area contributed by atoms with Crippen LogP contribution >= 0.6 is 23.6 Å². The van der Waals surface area contributed by atoms with E-state index in [0.29, 0.717) is 12.7 Å². The van der Waals surface area contributed by atoms with E-state index in [2.05, 4.69) is 20.9 Å². The fraction of sp³-hybridized carbons (Fsp3) is 0.588. The maximum absolute atomic E-state index is 12.4. The van der Waals surface area contributed by atoms with E-state index in [-0.39, 0.29) is 11.9 Å². The number of hydrogen-bond donors (Lipinski definition) is 0. The summed E-state index contributed by atoms with van der Waals surface area (Å²) in [5.74, 6) is 1.14. The highest BCUT2D eigenvalue weighted by atomic mass is 32.1. The van der Waals surface area contributed by atoms with Crippen LogP contribution in [0, 0.1) is 4.77 Å². The molecule has 2 aliphatic rings. The summed E-state index contributed by atoms with van der Waals surface area (Å²) in [5, 5.41) is 6.91. The fourth-order valence-corrected chi connectivity index (χ4v) is 4.53. The summed E-state index contributed by atoms with van der Waals surface area (Å²) in [4.78, 5) is 17.5. The van der Waals surface area contributed by atoms with Gasteiger partial charge < -0.3 is 4.90 Å². The van der Waals surface area contributed by atoms with Gasteiger partial charge in [-0.3, -0.25) is 14.3 Å². The lowest BCUT2D eigenvalue weighted by molar-refractivity contribution is -0.134. The summed E-state index contributed by atoms with van der Waals surface area (Å²) >= 11 is 7.43. The predicted octanol–water partition coefficient (Wildman–Crippen LogP) is 2.99. The van der Waals surface area contributed by atoms with Gasteiger partial charge in [-0.05, 0) is 49.3 Å². The van der Waals surface area contributed by atoms with E-state index in [1.807, 2.05) is 24.8 Å². The summed E-state index contributed by atoms with van der Waals surface area (Å²) in [6.07, 6.45) is 4.29. The highest BCUT2D eigenvalue weighted by Gasteiger charge is 2.34. The van der Waals surface area contributed by atoms with Crippen molar-refractivity contribution in [3.05, 3.63) is 22.3 Å². The minimum atomic E-state index is -0.0619. The van der Waals surface area contributed by atoms with Crippen molar-refractivity contribution in [3.63, 3.8) is 0 Å². The third-order valence-corrected chi connectivity index (χ3v) is 6.20. The zero-order valence-corrected chi connectivity index (χ0v) is 16.2. The SMILES string of the molecule is CN(C)C(=O)C1CCCN1Cn1nc(-c2cccs2)n(C2CC2)c1=S. The molecule has 1 unspecified atom stereocenters. The Balaban J connectivity index is 1.64. The van der Waals surface area contributed by atoms with Crippen LogP contribution in [-0.2, 0) is 11.5 Å². The van der Waals surface area contributed by atoms with Gasteiger partial charge in [-0.25, -0.2) is 4.68 Å². The molecule has 0 bridgehead atoms. The molecule has 1 saturated heterocycles. The van der Waals surface area contributed by atoms with Gasteiger partial charge in [-0.1, -0.05) is 6.07 Å². The number of carbonyl (C=O) groups excluding carboxylic acids is 1. The first-order chi connectivity index (χ1) is 12.1. The number of nitrogens with zero attached hydrogens (tertiary/aromatic N) is 5. The molecule has 8 heteroatoms. The first-order valence-electron chi connectivity index (χ1n) is 8.74. The fourth-order valence-electron chi connectivity index (χ4n) is 3.49. The van der Waals surface area contributed by atoms with Crippen molar-refractivity contribution >= 4 is 29.5 Å². The standard InChI is InChI=1S/C17H23N5OS2/c1-19(2)16(23)13-5-3-9-20(13)11-21-17(24)22(12-7-8-12)15(18-21)14-6-4-10-25-14/h4,6,10,12-13H,3,5,7-9,11H2,1-2H3. The maximum Gasteiger partial charge on any atom is 0.239 e. The lowest BCUT2D eigenvalue weighted by atomic mass is 10.2. The van der Waals surface area contributed by atoms with Crippen LogP contribution in [0.2, 0.25) is 0 Å². The van der Waals surface area contributed by atoms with Crippen LogP contribution < -0.4 is 0 Å². The highest BCUT2D eigenvalue weighted by Crippen LogP contribution is 2.39. The smallest absolute Gasteiger partial charge is 0.239 e. The molecular formula is C17H23N5OS2. The molecule has 2 fully saturated rings. The number of aromatic nitrogens is 3. The second-order valence-corrected chi connectivity index (χ2v) is 8.34. The van der Waals surface area contributed by atoms with Gasteiger partial charge in [0.1, 0.15) is 0 Å². The Morgan fingerprint density at radius 1 is 1.40 bits per heavy atom. The average molecular weight is 378 g/mol. The molecule has 1 aliphatic carbocycles. The van der Waals surface area contributed by atoms with Gasteiger partial charge in [0.05, 0.1) is 17.6 Å². The summed E-state index contributed by atoms with van der Waals surface area (Å²) in [5.41, 5.74) is 0. The van der Waals surface area contributed by atoms with Crippen LogP contribution in [0.5, 0.6) is 0 Å². The normalized spacial score (nSPS) is 21.0. The quantitative estimate of drug-likeness (QED) is 0.752. The number of carbonyl (C=O) groups is 1. The van der Waals surface area contributed by atoms with Gasteiger partial charge in [-0.15, -0.1) is 16.4 Å². The molecule has 1 saturated carbocycles. The van der Waals surface area contributed by atoms with Gasteiger partial charge >= 0.3 is 0 Å². The molecule has 4 rings (SSSR count). The third-order valence-electron chi connectivity index (χ3n) is 4.93. The van der Waals surface area contributed by atoms with Gasteiger partial charge in [0.15, 0.2) is 10.6 Å². The van der Waals surface area contributed by atoms with E-state index in [0.717, 1.165) is 34.9 Å². The number of thiophene rings is 1. The zero-order chi connectivity index (χ0) is 17.6. The second kappa shape index (κ2) is 6.66. The molecule has 0 N–H and O–H groups in total. The molecular weight excluding hydrogens is 354 g/mol. The first kappa shape index (κ1) is 16.9. The molecule has 2 aromatic rings. The molecule has 25 heavy (non-hydrogen) atoms. The molecule has 1 atom stereocenters. The van der Waals surface area contributed by atoms with Crippen molar-refractivity contribution in [3.8, 4) is 10.7 Å². The topological polar surface area (TPSA) is 46.3 Å². The van der Waals surface area contributed by atoms with Crippen LogP contribution in [0.25, 0.3) is 10.7 Å². The van der Waals surface area contributed by atoms with E-state index in [9.17, 15) is 4.79 Å². The van der Waals surface area contributed by atoms with Crippen LogP contribution in [0.1, 0.15) is 31.7 Å². The van der Waals surface area contributed by atoms with Crippen molar-refractivity contribution in [1.29, 1.82) is 0 Å². The summed E-state index contributed by atoms with van der Waals surface area (Å²) < 4.78 is 4.89. The van der Waals surface area contributed by atoms with Crippen LogP contribution in [0.15, 0.2) is 17.5 Å². The van der Waals surface area contributed by atoms with E-state index >= 15 is 0 Å². The molecule has 0 aromatic carbocycles. The minimum Gasteiger partial charge on any atom is -0.347 e. The first-order valence-corrected chi connectivity index (χ1v) is 10.0. The molecule has 6 nitrogen and oxygen atoms in total. The Morgan fingerprint density at radius 3 is 2.84 bits per heavy atom. The number of likely N-dealkylation sites (tertiary alicyclic amines) is 1. The Labute approximate surface area is 156 Å². The summed E-state index contributed by atoms with van der Waals surface area (Å²) in [6, 6.07) is 4.56. The van der Waals surface area contributed by atoms with Gasteiger partial charge in [0, 0.05) is 26.7 Å². The molecule has 134 valence electrons. The monoisotopic (exact) mass is 377 g/mol. The summed E-state index contributed by atoms with van der Waals surface area (Å²) in [6.45, 7) is 1.50. The Morgan fingerprint density at radius 2 is 2.20 bits per heavy atom. The van der Waals surface area contributed by atoms with E-state index in [1.54, 1.807) is 16.2 Å². The molecule has 1 amide bonds. The lowest BCUT2D eigenvalue weighted by Gasteiger charge is -2.25. The van der Waals surface area contributed by atoms with E-state index < -0.39 is 0 Å².